The van der Waals surface area contributed by atoms with Gasteiger partial charge in [0.1, 0.15) is 5.54 Å². The molecule has 0 aromatic carbocycles. The second kappa shape index (κ2) is 8.63. The monoisotopic (exact) mass is 286 g/mol. The molecule has 4 nitrogen and oxygen atoms in total. The number of nitrogens with zero attached hydrogens (tertiary/aromatic N) is 1. The first-order chi connectivity index (χ1) is 9.14. The van der Waals surface area contributed by atoms with E-state index in [1.807, 2.05) is 13.8 Å². The molecule has 20 heavy (non-hydrogen) atoms. The number of nitrogens with one attached hydrogen (secondary N) is 1. The molecule has 0 heterocycles. The summed E-state index contributed by atoms with van der Waals surface area (Å²) >= 11 is 0. The molecule has 0 radical (unpaired) electrons. The van der Waals surface area contributed by atoms with Gasteiger partial charge < -0.3 is 15.0 Å². The van der Waals surface area contributed by atoms with E-state index in [4.69, 9.17) is 4.74 Å². The van der Waals surface area contributed by atoms with E-state index in [-0.39, 0.29) is 5.97 Å². The molecule has 4 heteroatoms. The van der Waals surface area contributed by atoms with Crippen LogP contribution in [-0.4, -0.2) is 50.2 Å². The summed E-state index contributed by atoms with van der Waals surface area (Å²) in [6, 6.07) is 0. The van der Waals surface area contributed by atoms with Gasteiger partial charge in [0.15, 0.2) is 0 Å². The molecular formula is C16H34N2O2. The predicted octanol–water partition coefficient (Wildman–Crippen LogP) is 2.68. The van der Waals surface area contributed by atoms with E-state index in [1.165, 1.54) is 7.11 Å². The Bertz CT molecular complexity index is 287. The van der Waals surface area contributed by atoms with Crippen LogP contribution in [0, 0.1) is 5.41 Å². The highest BCUT2D eigenvalue weighted by Crippen LogP contribution is 2.17. The van der Waals surface area contributed by atoms with Crippen LogP contribution in [0.1, 0.15) is 53.9 Å². The van der Waals surface area contributed by atoms with E-state index in [0.717, 1.165) is 38.9 Å². The van der Waals surface area contributed by atoms with Crippen LogP contribution in [0.15, 0.2) is 0 Å². The Morgan fingerprint density at radius 3 is 2.25 bits per heavy atom. The Morgan fingerprint density at radius 1 is 1.20 bits per heavy atom. The lowest BCUT2D eigenvalue weighted by Crippen LogP contribution is -2.50. The smallest absolute Gasteiger partial charge is 0.325 e. The van der Waals surface area contributed by atoms with E-state index in [0.29, 0.717) is 5.41 Å². The first-order valence-electron chi connectivity index (χ1n) is 7.66. The van der Waals surface area contributed by atoms with Crippen LogP contribution in [0.2, 0.25) is 0 Å². The van der Waals surface area contributed by atoms with Gasteiger partial charge in [-0.15, -0.1) is 0 Å². The van der Waals surface area contributed by atoms with Gasteiger partial charge in [0.2, 0.25) is 0 Å². The normalized spacial score (nSPS) is 15.2. The summed E-state index contributed by atoms with van der Waals surface area (Å²) in [6.07, 6.45) is 2.94. The van der Waals surface area contributed by atoms with E-state index in [9.17, 15) is 4.79 Å². The van der Waals surface area contributed by atoms with Crippen molar-refractivity contribution in [3.8, 4) is 0 Å². The maximum atomic E-state index is 11.8. The molecule has 0 fully saturated rings. The molecule has 0 aliphatic rings. The third-order valence-corrected chi connectivity index (χ3v) is 3.41. The average Bonchev–Trinajstić information content (AvgIpc) is 2.32. The minimum absolute atomic E-state index is 0.164. The van der Waals surface area contributed by atoms with Crippen LogP contribution in [0.5, 0.6) is 0 Å². The predicted molar refractivity (Wildman–Crippen MR) is 84.9 cm³/mol. The minimum Gasteiger partial charge on any atom is -0.468 e. The van der Waals surface area contributed by atoms with Crippen molar-refractivity contribution in [1.82, 2.24) is 10.2 Å². The van der Waals surface area contributed by atoms with Crippen molar-refractivity contribution in [2.24, 2.45) is 5.41 Å². The third-order valence-electron chi connectivity index (χ3n) is 3.41. The van der Waals surface area contributed by atoms with E-state index in [1.54, 1.807) is 0 Å². The molecule has 0 amide bonds. The average molecular weight is 286 g/mol. The number of rotatable bonds is 9. The zero-order chi connectivity index (χ0) is 15.8. The van der Waals surface area contributed by atoms with Crippen molar-refractivity contribution in [1.29, 1.82) is 0 Å². The van der Waals surface area contributed by atoms with Crippen molar-refractivity contribution in [2.45, 2.75) is 59.4 Å². The summed E-state index contributed by atoms with van der Waals surface area (Å²) in [6.45, 7) is 13.6. The zero-order valence-electron chi connectivity index (χ0n) is 14.5. The summed E-state index contributed by atoms with van der Waals surface area (Å²) in [5.41, 5.74) is -0.217. The summed E-state index contributed by atoms with van der Waals surface area (Å²) in [4.78, 5) is 14.2. The van der Waals surface area contributed by atoms with Crippen LogP contribution >= 0.6 is 0 Å². The SMILES string of the molecule is CCNC(C)(CCCCN(C)CC(C)(C)C)C(=O)OC. The van der Waals surface area contributed by atoms with Crippen molar-refractivity contribution < 1.29 is 9.53 Å². The van der Waals surface area contributed by atoms with Gasteiger partial charge in [0.25, 0.3) is 0 Å². The Kier molecular flexibility index (Phi) is 8.36. The lowest BCUT2D eigenvalue weighted by Gasteiger charge is -2.29. The fourth-order valence-corrected chi connectivity index (χ4v) is 2.63. The lowest BCUT2D eigenvalue weighted by atomic mass is 9.94. The highest BCUT2D eigenvalue weighted by atomic mass is 16.5. The molecule has 0 aliphatic heterocycles. The highest BCUT2D eigenvalue weighted by Gasteiger charge is 2.32. The Balaban J connectivity index is 4.10. The molecule has 1 atom stereocenters. The van der Waals surface area contributed by atoms with Crippen LogP contribution in [0.25, 0.3) is 0 Å². The molecule has 1 N–H and O–H groups in total. The zero-order valence-corrected chi connectivity index (χ0v) is 14.5. The van der Waals surface area contributed by atoms with Crippen LogP contribution < -0.4 is 5.32 Å². The molecule has 120 valence electrons. The van der Waals surface area contributed by atoms with Crippen molar-refractivity contribution in [3.05, 3.63) is 0 Å². The van der Waals surface area contributed by atoms with Gasteiger partial charge in [-0.1, -0.05) is 27.7 Å². The number of unbranched alkanes of at least 4 members (excludes halogenated alkanes) is 1. The number of ether oxygens (including phenoxy) is 1. The van der Waals surface area contributed by atoms with Crippen molar-refractivity contribution in [2.75, 3.05) is 33.8 Å². The van der Waals surface area contributed by atoms with Crippen LogP contribution in [0.3, 0.4) is 0 Å². The van der Waals surface area contributed by atoms with Gasteiger partial charge in [-0.2, -0.15) is 0 Å². The second-order valence-corrected chi connectivity index (χ2v) is 7.11. The highest BCUT2D eigenvalue weighted by molar-refractivity contribution is 5.80. The number of hydrogen-bond acceptors (Lipinski definition) is 4. The maximum Gasteiger partial charge on any atom is 0.325 e. The number of esters is 1. The number of hydrogen-bond donors (Lipinski definition) is 1. The Morgan fingerprint density at radius 2 is 1.80 bits per heavy atom. The van der Waals surface area contributed by atoms with Gasteiger partial charge >= 0.3 is 5.97 Å². The topological polar surface area (TPSA) is 41.6 Å². The van der Waals surface area contributed by atoms with Crippen LogP contribution in [-0.2, 0) is 9.53 Å². The van der Waals surface area contributed by atoms with Crippen LogP contribution in [0.4, 0.5) is 0 Å². The van der Waals surface area contributed by atoms with Crippen molar-refractivity contribution in [3.63, 3.8) is 0 Å². The number of likely N-dealkylation sites (N-methyl/N-ethyl adjacent to an activating group) is 1. The standard InChI is InChI=1S/C16H34N2O2/c1-8-17-16(5,14(19)20-7)11-9-10-12-18(6)13-15(2,3)4/h17H,8-13H2,1-7H3. The van der Waals surface area contributed by atoms with Gasteiger partial charge in [0.05, 0.1) is 7.11 Å². The Labute approximate surface area is 125 Å². The number of methoxy groups -OCH3 is 1. The molecular weight excluding hydrogens is 252 g/mol. The van der Waals surface area contributed by atoms with E-state index >= 15 is 0 Å². The first-order valence-corrected chi connectivity index (χ1v) is 7.66. The summed E-state index contributed by atoms with van der Waals surface area (Å²) in [7, 11) is 3.62. The largest absolute Gasteiger partial charge is 0.468 e. The molecule has 0 aromatic heterocycles. The van der Waals surface area contributed by atoms with Gasteiger partial charge in [-0.25, -0.2) is 0 Å². The molecule has 0 bridgehead atoms. The molecule has 0 spiro atoms. The third kappa shape index (κ3) is 7.85. The summed E-state index contributed by atoms with van der Waals surface area (Å²) in [5, 5.41) is 3.25. The molecule has 0 saturated carbocycles. The first kappa shape index (κ1) is 19.4. The molecule has 0 aromatic rings. The number of carbonyl (C=O) groups excluding carboxylic acids is 1. The molecule has 0 rings (SSSR count). The fourth-order valence-electron chi connectivity index (χ4n) is 2.63. The van der Waals surface area contributed by atoms with E-state index in [2.05, 4.69) is 38.0 Å². The summed E-state index contributed by atoms with van der Waals surface area (Å²) < 4.78 is 4.90. The fraction of sp³-hybridized carbons (Fsp3) is 0.938. The van der Waals surface area contributed by atoms with Gasteiger partial charge in [-0.3, -0.25) is 4.79 Å². The lowest BCUT2D eigenvalue weighted by molar-refractivity contribution is -0.148. The summed E-state index contributed by atoms with van der Waals surface area (Å²) in [5.74, 6) is -0.164. The molecule has 0 saturated heterocycles. The maximum absolute atomic E-state index is 11.8. The van der Waals surface area contributed by atoms with E-state index < -0.39 is 5.54 Å². The molecule has 1 unspecified atom stereocenters. The van der Waals surface area contributed by atoms with Gasteiger partial charge in [0, 0.05) is 6.54 Å². The minimum atomic E-state index is -0.550. The molecule has 0 aliphatic carbocycles. The quantitative estimate of drug-likeness (QED) is 0.523. The van der Waals surface area contributed by atoms with Crippen molar-refractivity contribution >= 4 is 5.97 Å². The Hall–Kier alpha value is -0.610. The number of carbonyl (C=O) groups is 1. The second-order valence-electron chi connectivity index (χ2n) is 7.11. The van der Waals surface area contributed by atoms with Gasteiger partial charge in [-0.05, 0) is 51.7 Å².